The van der Waals surface area contributed by atoms with Crippen LogP contribution in [0.25, 0.3) is 33.1 Å². The summed E-state index contributed by atoms with van der Waals surface area (Å²) < 4.78 is 43.1. The lowest BCUT2D eigenvalue weighted by Crippen LogP contribution is -2.30. The summed E-state index contributed by atoms with van der Waals surface area (Å²) in [5.41, 5.74) is 1.96. The van der Waals surface area contributed by atoms with Crippen LogP contribution in [0.5, 0.6) is 0 Å². The van der Waals surface area contributed by atoms with Gasteiger partial charge < -0.3 is 9.88 Å². The zero-order valence-corrected chi connectivity index (χ0v) is 16.1. The fourth-order valence-corrected chi connectivity index (χ4v) is 3.51. The van der Waals surface area contributed by atoms with Crippen molar-refractivity contribution in [2.45, 2.75) is 19.9 Å². The van der Waals surface area contributed by atoms with E-state index in [9.17, 15) is 18.0 Å². The predicted octanol–water partition coefficient (Wildman–Crippen LogP) is 4.95. The van der Waals surface area contributed by atoms with Crippen LogP contribution in [-0.4, -0.2) is 21.5 Å². The Kier molecular flexibility index (Phi) is 4.53. The Balaban J connectivity index is 1.89. The highest BCUT2D eigenvalue weighted by molar-refractivity contribution is 6.07. The van der Waals surface area contributed by atoms with Crippen molar-refractivity contribution in [3.8, 4) is 11.3 Å². The van der Waals surface area contributed by atoms with Crippen molar-refractivity contribution in [1.29, 1.82) is 0 Å². The molecule has 0 saturated heterocycles. The molecule has 0 fully saturated rings. The molecular weight excluding hydrogens is 379 g/mol. The molecule has 1 N–H and O–H groups in total. The van der Waals surface area contributed by atoms with E-state index in [-0.39, 0.29) is 22.9 Å². The zero-order valence-electron chi connectivity index (χ0n) is 16.1. The first-order valence-electron chi connectivity index (χ1n) is 9.11. The third kappa shape index (κ3) is 3.12. The summed E-state index contributed by atoms with van der Waals surface area (Å²) in [5, 5.41) is 3.75. The minimum absolute atomic E-state index is 0.00846. The van der Waals surface area contributed by atoms with Crippen LogP contribution in [0.15, 0.2) is 42.6 Å². The fraction of sp³-hybridized carbons (Fsp3) is 0.182. The lowest BCUT2D eigenvalue weighted by atomic mass is 10.0. The number of benzene rings is 2. The molecule has 0 aliphatic rings. The Hall–Kier alpha value is -3.35. The molecule has 0 saturated carbocycles. The van der Waals surface area contributed by atoms with E-state index in [4.69, 9.17) is 0 Å². The van der Waals surface area contributed by atoms with Gasteiger partial charge in [-0.15, -0.1) is 0 Å². The Morgan fingerprint density at radius 1 is 1.07 bits per heavy atom. The second-order valence-electron chi connectivity index (χ2n) is 7.23. The molecule has 0 atom stereocenters. The highest BCUT2D eigenvalue weighted by Crippen LogP contribution is 2.33. The number of carbonyl (C=O) groups is 1. The average Bonchev–Trinajstić information content (AvgIpc) is 3.00. The third-order valence-corrected chi connectivity index (χ3v) is 4.77. The van der Waals surface area contributed by atoms with E-state index in [0.29, 0.717) is 27.7 Å². The van der Waals surface area contributed by atoms with Gasteiger partial charge in [-0.05, 0) is 44.2 Å². The third-order valence-electron chi connectivity index (χ3n) is 4.77. The van der Waals surface area contributed by atoms with Gasteiger partial charge in [0.25, 0.3) is 5.91 Å². The van der Waals surface area contributed by atoms with E-state index in [0.717, 1.165) is 6.07 Å². The van der Waals surface area contributed by atoms with Gasteiger partial charge in [0, 0.05) is 41.2 Å². The predicted molar refractivity (Wildman–Crippen MR) is 106 cm³/mol. The molecule has 148 valence electrons. The monoisotopic (exact) mass is 397 g/mol. The average molecular weight is 397 g/mol. The maximum absolute atomic E-state index is 14.2. The lowest BCUT2D eigenvalue weighted by molar-refractivity contribution is 0.0945. The summed E-state index contributed by atoms with van der Waals surface area (Å²) in [6.07, 6.45) is 1.58. The molecule has 0 bridgehead atoms. The van der Waals surface area contributed by atoms with E-state index in [1.807, 2.05) is 13.8 Å². The largest absolute Gasteiger partial charge is 0.350 e. The topological polar surface area (TPSA) is 46.9 Å². The number of rotatable bonds is 3. The van der Waals surface area contributed by atoms with Crippen LogP contribution in [0, 0.1) is 17.5 Å². The minimum atomic E-state index is -1.50. The number of nitrogens with zero attached hydrogens (tertiary/aromatic N) is 2. The van der Waals surface area contributed by atoms with Crippen molar-refractivity contribution in [2.24, 2.45) is 7.05 Å². The first kappa shape index (κ1) is 19.0. The normalized spacial score (nSPS) is 11.6. The number of fused-ring (bicyclic) bond motifs is 2. The van der Waals surface area contributed by atoms with E-state index in [2.05, 4.69) is 10.3 Å². The van der Waals surface area contributed by atoms with Crippen molar-refractivity contribution in [1.82, 2.24) is 14.9 Å². The Morgan fingerprint density at radius 2 is 1.83 bits per heavy atom. The summed E-state index contributed by atoms with van der Waals surface area (Å²) in [6, 6.07) is 9.60. The highest BCUT2D eigenvalue weighted by atomic mass is 19.2. The second-order valence-corrected chi connectivity index (χ2v) is 7.23. The summed E-state index contributed by atoms with van der Waals surface area (Å²) in [6.45, 7) is 3.75. The lowest BCUT2D eigenvalue weighted by Gasteiger charge is -2.11. The van der Waals surface area contributed by atoms with Gasteiger partial charge in [0.2, 0.25) is 0 Å². The molecule has 2 aromatic carbocycles. The summed E-state index contributed by atoms with van der Waals surface area (Å²) in [7, 11) is 1.56. The van der Waals surface area contributed by atoms with Crippen LogP contribution in [0.3, 0.4) is 0 Å². The first-order chi connectivity index (χ1) is 13.8. The van der Waals surface area contributed by atoms with Crippen LogP contribution in [0.2, 0.25) is 0 Å². The number of hydrogen-bond donors (Lipinski definition) is 1. The van der Waals surface area contributed by atoms with Crippen LogP contribution in [-0.2, 0) is 7.05 Å². The Bertz CT molecular complexity index is 1280. The van der Waals surface area contributed by atoms with Gasteiger partial charge in [-0.2, -0.15) is 0 Å². The van der Waals surface area contributed by atoms with Gasteiger partial charge in [0.05, 0.1) is 16.7 Å². The van der Waals surface area contributed by atoms with Crippen LogP contribution >= 0.6 is 0 Å². The molecule has 0 aliphatic heterocycles. The van der Waals surface area contributed by atoms with Crippen LogP contribution < -0.4 is 5.32 Å². The number of pyridine rings is 1. The number of halogens is 3. The maximum Gasteiger partial charge on any atom is 0.252 e. The van der Waals surface area contributed by atoms with E-state index < -0.39 is 17.5 Å². The number of amides is 1. The summed E-state index contributed by atoms with van der Waals surface area (Å²) in [5.74, 6) is -4.19. The van der Waals surface area contributed by atoms with Crippen molar-refractivity contribution in [3.05, 3.63) is 65.6 Å². The van der Waals surface area contributed by atoms with Gasteiger partial charge in [0.15, 0.2) is 17.5 Å². The molecule has 29 heavy (non-hydrogen) atoms. The molecule has 4 nitrogen and oxygen atoms in total. The van der Waals surface area contributed by atoms with Crippen molar-refractivity contribution >= 4 is 27.7 Å². The van der Waals surface area contributed by atoms with E-state index in [1.54, 1.807) is 43.6 Å². The van der Waals surface area contributed by atoms with Gasteiger partial charge in [-0.25, -0.2) is 18.2 Å². The molecular formula is C22H18F3N3O. The standard InChI is InChI=1S/C22H18F3N3O/c1-11(2)26-22(29)13-5-4-6-17-12(13)7-8-18(27-17)15-10-28(3)21-14(15)9-16(23)19(24)20(21)25/h4-11H,1-3H3,(H,26,29). The molecule has 0 radical (unpaired) electrons. The molecule has 0 aliphatic carbocycles. The number of hydrogen-bond acceptors (Lipinski definition) is 2. The molecule has 2 aromatic heterocycles. The van der Waals surface area contributed by atoms with E-state index >= 15 is 0 Å². The number of aryl methyl sites for hydroxylation is 1. The summed E-state index contributed by atoms with van der Waals surface area (Å²) >= 11 is 0. The molecule has 2 heterocycles. The zero-order chi connectivity index (χ0) is 20.9. The Morgan fingerprint density at radius 3 is 2.55 bits per heavy atom. The highest BCUT2D eigenvalue weighted by Gasteiger charge is 2.20. The molecule has 7 heteroatoms. The van der Waals surface area contributed by atoms with Crippen molar-refractivity contribution in [3.63, 3.8) is 0 Å². The SMILES string of the molecule is CC(C)NC(=O)c1cccc2nc(-c3cn(C)c4c(F)c(F)c(F)cc34)ccc12. The van der Waals surface area contributed by atoms with Crippen LogP contribution in [0.4, 0.5) is 13.2 Å². The molecule has 1 amide bonds. The van der Waals surface area contributed by atoms with Gasteiger partial charge in [-0.1, -0.05) is 6.07 Å². The quantitative estimate of drug-likeness (QED) is 0.497. The van der Waals surface area contributed by atoms with Crippen molar-refractivity contribution in [2.75, 3.05) is 0 Å². The first-order valence-corrected chi connectivity index (χ1v) is 9.11. The Labute approximate surface area is 165 Å². The summed E-state index contributed by atoms with van der Waals surface area (Å²) in [4.78, 5) is 17.0. The van der Waals surface area contributed by atoms with Gasteiger partial charge >= 0.3 is 0 Å². The molecule has 4 rings (SSSR count). The van der Waals surface area contributed by atoms with Gasteiger partial charge in [0.1, 0.15) is 0 Å². The number of nitrogens with one attached hydrogen (secondary N) is 1. The maximum atomic E-state index is 14.2. The van der Waals surface area contributed by atoms with Gasteiger partial charge in [-0.3, -0.25) is 4.79 Å². The minimum Gasteiger partial charge on any atom is -0.350 e. The van der Waals surface area contributed by atoms with Crippen LogP contribution in [0.1, 0.15) is 24.2 Å². The van der Waals surface area contributed by atoms with E-state index in [1.165, 1.54) is 4.57 Å². The molecule has 0 spiro atoms. The number of aromatic nitrogens is 2. The van der Waals surface area contributed by atoms with Crippen molar-refractivity contribution < 1.29 is 18.0 Å². The molecule has 0 unspecified atom stereocenters. The second kappa shape index (κ2) is 6.92. The number of carbonyl (C=O) groups excluding carboxylic acids is 1. The smallest absolute Gasteiger partial charge is 0.252 e. The molecule has 4 aromatic rings. The fourth-order valence-electron chi connectivity index (χ4n) is 3.51.